The Kier molecular flexibility index (Phi) is 671. The molecule has 0 amide bonds. The van der Waals surface area contributed by atoms with Crippen LogP contribution in [0.4, 0.5) is 0 Å². The van der Waals surface area contributed by atoms with Crippen molar-refractivity contribution in [2.24, 2.45) is 17.8 Å². The monoisotopic (exact) mass is 599 g/mol. The molecule has 0 N–H and O–H groups in total. The van der Waals surface area contributed by atoms with Gasteiger partial charge in [0.15, 0.2) is 0 Å². The summed E-state index contributed by atoms with van der Waals surface area (Å²) in [5.74, 6) is 3.41. The molecule has 40 heavy (non-hydrogen) atoms. The maximum absolute atomic E-state index is 3.00. The van der Waals surface area contributed by atoms with Crippen molar-refractivity contribution in [2.45, 2.75) is 245 Å². The van der Waals surface area contributed by atoms with Gasteiger partial charge in [0.1, 0.15) is 0 Å². The van der Waals surface area contributed by atoms with Gasteiger partial charge in [-0.15, -0.1) is 13.2 Å². The highest BCUT2D eigenvalue weighted by atomic mass is 14.4. The maximum atomic E-state index is 3.00. The second-order valence-corrected chi connectivity index (χ2v) is 5.27. The molecule has 0 spiro atoms. The second kappa shape index (κ2) is 175. The highest BCUT2D eigenvalue weighted by molar-refractivity contribution is 4.84. The highest BCUT2D eigenvalue weighted by Crippen LogP contribution is 2.45. The number of fused-ring (bicyclic) bond motifs is 1. The average Bonchev–Trinajstić information content (AvgIpc) is 3.23. The van der Waals surface area contributed by atoms with Crippen molar-refractivity contribution in [1.29, 1.82) is 0 Å². The molecule has 2 fully saturated rings. The molecule has 0 saturated heterocycles. The van der Waals surface area contributed by atoms with E-state index in [0.29, 0.717) is 0 Å². The molecular weight excluding hydrogens is 480 g/mol. The van der Waals surface area contributed by atoms with Crippen LogP contribution in [0.2, 0.25) is 0 Å². The number of hydrogen-bond acceptors (Lipinski definition) is 0. The van der Waals surface area contributed by atoms with E-state index in [1.54, 1.807) is 32.1 Å². The van der Waals surface area contributed by atoms with Crippen molar-refractivity contribution in [2.75, 3.05) is 0 Å². The van der Waals surface area contributed by atoms with E-state index >= 15 is 0 Å². The SMILES string of the molecule is C.C.C.C.C.C.C.C.C.C.C.C.C.C.C.C=C.CC.CC.CC.CC.CC.CCCC[C@@H]1CC[C@@H]2CCC[C@@H]2C1. The third kappa shape index (κ3) is 98.5. The fraction of sp³-hybridized carbons (Fsp3) is 0.950. The van der Waals surface area contributed by atoms with Crippen LogP contribution in [0.3, 0.4) is 0 Å². The van der Waals surface area contributed by atoms with E-state index in [1.807, 2.05) is 69.2 Å². The lowest BCUT2D eigenvalue weighted by Crippen LogP contribution is -2.20. The van der Waals surface area contributed by atoms with Crippen LogP contribution in [-0.4, -0.2) is 0 Å². The van der Waals surface area contributed by atoms with E-state index in [4.69, 9.17) is 0 Å². The van der Waals surface area contributed by atoms with Gasteiger partial charge in [-0.2, -0.15) is 0 Å². The minimum atomic E-state index is 0. The van der Waals surface area contributed by atoms with Gasteiger partial charge in [0, 0.05) is 0 Å². The third-order valence-electron chi connectivity index (χ3n) is 4.36. The quantitative estimate of drug-likeness (QED) is 0.283. The minimum Gasteiger partial charge on any atom is -0.106 e. The van der Waals surface area contributed by atoms with Crippen LogP contribution >= 0.6 is 0 Å². The van der Waals surface area contributed by atoms with E-state index in [1.165, 1.54) is 25.7 Å². The predicted octanol–water partition coefficient (Wildman–Crippen LogP) is 19.9. The summed E-state index contributed by atoms with van der Waals surface area (Å²) in [6, 6.07) is 0. The molecule has 0 heteroatoms. The van der Waals surface area contributed by atoms with Crippen molar-refractivity contribution in [3.63, 3.8) is 0 Å². The molecule has 0 aromatic carbocycles. The predicted molar refractivity (Wildman–Crippen MR) is 227 cm³/mol. The fourth-order valence-corrected chi connectivity index (χ4v) is 3.55. The molecule has 0 aliphatic heterocycles. The van der Waals surface area contributed by atoms with Gasteiger partial charge in [-0.1, -0.05) is 233 Å². The van der Waals surface area contributed by atoms with Gasteiger partial charge in [-0.25, -0.2) is 0 Å². The van der Waals surface area contributed by atoms with Crippen LogP contribution in [-0.2, 0) is 0 Å². The number of rotatable bonds is 3. The summed E-state index contributed by atoms with van der Waals surface area (Å²) in [6.07, 6.45) is 13.8. The van der Waals surface area contributed by atoms with Gasteiger partial charge in [-0.3, -0.25) is 0 Å². The Morgan fingerprint density at radius 2 is 0.700 bits per heavy atom. The van der Waals surface area contributed by atoms with E-state index in [-0.39, 0.29) is 111 Å². The second-order valence-electron chi connectivity index (χ2n) is 5.27. The first-order chi connectivity index (χ1) is 12.4. The lowest BCUT2D eigenvalue weighted by Gasteiger charge is -2.31. The summed E-state index contributed by atoms with van der Waals surface area (Å²) in [4.78, 5) is 0. The van der Waals surface area contributed by atoms with Crippen molar-refractivity contribution >= 4 is 0 Å². The summed E-state index contributed by atoms with van der Waals surface area (Å²) < 4.78 is 0. The standard InChI is InChI=1S/C13H24.5C2H6.C2H4.15CH4/c1-2-3-5-11-8-9-12-6-4-7-13(12)10-11;6*1-2;;;;;;;;;;;;;;;/h11-13H,2-10H2,1H3;5*1-2H3;1-2H2;15*1H4/t11-,12+,13-;;;;;;;;;;;;;;;;;;;;;/m1...................../s1. The van der Waals surface area contributed by atoms with E-state index in [0.717, 1.165) is 17.8 Å². The molecule has 2 aliphatic rings. The third-order valence-corrected chi connectivity index (χ3v) is 4.36. The topological polar surface area (TPSA) is 0 Å². The average molecular weight is 599 g/mol. The van der Waals surface area contributed by atoms with Crippen molar-refractivity contribution in [3.8, 4) is 0 Å². The molecule has 278 valence electrons. The first-order valence-electron chi connectivity index (χ1n) is 11.9. The Bertz CT molecular complexity index is 161. The molecule has 0 aromatic rings. The van der Waals surface area contributed by atoms with Crippen molar-refractivity contribution < 1.29 is 0 Å². The van der Waals surface area contributed by atoms with Crippen LogP contribution in [0.1, 0.15) is 245 Å². The molecule has 0 bridgehead atoms. The van der Waals surface area contributed by atoms with E-state index < -0.39 is 0 Å². The van der Waals surface area contributed by atoms with Crippen LogP contribution in [0.5, 0.6) is 0 Å². The molecule has 3 atom stereocenters. The largest absolute Gasteiger partial charge is 0.106 e. The molecule has 0 nitrogen and oxygen atoms in total. The smallest absolute Gasteiger partial charge is 0.0383 e. The van der Waals surface area contributed by atoms with Crippen molar-refractivity contribution in [1.82, 2.24) is 0 Å². The van der Waals surface area contributed by atoms with Crippen LogP contribution in [0, 0.1) is 17.8 Å². The summed E-state index contributed by atoms with van der Waals surface area (Å²) in [7, 11) is 0. The summed E-state index contributed by atoms with van der Waals surface area (Å²) >= 11 is 0. The van der Waals surface area contributed by atoms with Crippen LogP contribution in [0.25, 0.3) is 0 Å². The number of unbranched alkanes of at least 4 members (excludes halogenated alkanes) is 1. The summed E-state index contributed by atoms with van der Waals surface area (Å²) in [5, 5.41) is 0. The highest BCUT2D eigenvalue weighted by Gasteiger charge is 2.33. The van der Waals surface area contributed by atoms with Crippen LogP contribution in [0.15, 0.2) is 13.2 Å². The zero-order valence-corrected chi connectivity index (χ0v) is 20.5. The maximum Gasteiger partial charge on any atom is -0.0383 e. The Morgan fingerprint density at radius 3 is 0.975 bits per heavy atom. The Balaban J connectivity index is -0.00000000752. The fourth-order valence-electron chi connectivity index (χ4n) is 3.55. The Labute approximate surface area is 275 Å². The molecule has 0 radical (unpaired) electrons. The molecular formula is C40H118. The Morgan fingerprint density at radius 1 is 0.425 bits per heavy atom. The lowest BCUT2D eigenvalue weighted by atomic mass is 9.74. The Hall–Kier alpha value is -0.260. The summed E-state index contributed by atoms with van der Waals surface area (Å²) in [6.45, 7) is 28.3. The first kappa shape index (κ1) is 153. The molecule has 2 rings (SSSR count). The first-order valence-corrected chi connectivity index (χ1v) is 11.9. The van der Waals surface area contributed by atoms with Crippen molar-refractivity contribution in [3.05, 3.63) is 13.2 Å². The minimum absolute atomic E-state index is 0. The lowest BCUT2D eigenvalue weighted by molar-refractivity contribution is 0.198. The van der Waals surface area contributed by atoms with Gasteiger partial charge in [0.05, 0.1) is 0 Å². The van der Waals surface area contributed by atoms with Gasteiger partial charge >= 0.3 is 0 Å². The van der Waals surface area contributed by atoms with E-state index in [2.05, 4.69) is 20.1 Å². The molecule has 0 heterocycles. The van der Waals surface area contributed by atoms with Crippen LogP contribution < -0.4 is 0 Å². The van der Waals surface area contributed by atoms with E-state index in [9.17, 15) is 0 Å². The zero-order chi connectivity index (χ0) is 21.1. The number of hydrogen-bond donors (Lipinski definition) is 0. The molecule has 0 unspecified atom stereocenters. The van der Waals surface area contributed by atoms with Gasteiger partial charge in [-0.05, 0) is 30.6 Å². The van der Waals surface area contributed by atoms with Gasteiger partial charge < -0.3 is 0 Å². The molecule has 0 aromatic heterocycles. The van der Waals surface area contributed by atoms with Gasteiger partial charge in [0.2, 0.25) is 0 Å². The van der Waals surface area contributed by atoms with Gasteiger partial charge in [0.25, 0.3) is 0 Å². The zero-order valence-electron chi connectivity index (χ0n) is 20.5. The summed E-state index contributed by atoms with van der Waals surface area (Å²) in [5.41, 5.74) is 0. The molecule has 2 aliphatic carbocycles. The molecule has 2 saturated carbocycles. The normalized spacial score (nSPS) is 13.5.